The second kappa shape index (κ2) is 27.8. The third-order valence-electron chi connectivity index (χ3n) is 12.8. The van der Waals surface area contributed by atoms with E-state index < -0.39 is 0 Å². The van der Waals surface area contributed by atoms with Crippen LogP contribution >= 0.6 is 0 Å². The fraction of sp³-hybridized carbons (Fsp3) is 0.229. The molecule has 0 aromatic heterocycles. The van der Waals surface area contributed by atoms with Crippen LogP contribution in [0.15, 0.2) is 194 Å². The molecular weight excluding hydrogens is 841 g/mol. The summed E-state index contributed by atoms with van der Waals surface area (Å²) in [4.78, 5) is 0. The van der Waals surface area contributed by atoms with E-state index in [1.54, 1.807) is 0 Å². The van der Waals surface area contributed by atoms with Crippen molar-refractivity contribution >= 4 is 32.3 Å². The minimum absolute atomic E-state index is 1.33. The third kappa shape index (κ3) is 18.1. The van der Waals surface area contributed by atoms with Crippen molar-refractivity contribution in [2.45, 2.75) is 111 Å². The van der Waals surface area contributed by atoms with E-state index in [9.17, 15) is 0 Å². The first-order chi connectivity index (χ1) is 33.3. The quantitative estimate of drug-likeness (QED) is 0.142. The summed E-state index contributed by atoms with van der Waals surface area (Å²) in [6.45, 7) is 34.1. The Morgan fingerprint density at radius 3 is 0.729 bits per heavy atom. The average molecular weight is 921 g/mol. The fourth-order valence-corrected chi connectivity index (χ4v) is 7.92. The van der Waals surface area contributed by atoms with Crippen LogP contribution in [0.5, 0.6) is 0 Å². The minimum atomic E-state index is 1.33. The van der Waals surface area contributed by atoms with Gasteiger partial charge in [-0.1, -0.05) is 228 Å². The van der Waals surface area contributed by atoms with E-state index >= 15 is 0 Å². The van der Waals surface area contributed by atoms with Gasteiger partial charge in [0.1, 0.15) is 0 Å². The Bertz CT molecular complexity index is 2930. The zero-order valence-corrected chi connectivity index (χ0v) is 45.5. The van der Waals surface area contributed by atoms with Crippen molar-refractivity contribution in [1.29, 1.82) is 0 Å². The molecule has 0 spiro atoms. The highest BCUT2D eigenvalue weighted by Crippen LogP contribution is 2.22. The third-order valence-corrected chi connectivity index (χ3v) is 12.8. The molecule has 0 amide bonds. The van der Waals surface area contributed by atoms with Gasteiger partial charge in [0, 0.05) is 0 Å². The van der Waals surface area contributed by atoms with E-state index in [0.29, 0.717) is 0 Å². The summed E-state index contributed by atoms with van der Waals surface area (Å²) in [5.41, 5.74) is 21.7. The highest BCUT2D eigenvalue weighted by molar-refractivity contribution is 5.89. The summed E-state index contributed by atoms with van der Waals surface area (Å²) in [7, 11) is 0. The molecule has 0 unspecified atom stereocenters. The van der Waals surface area contributed by atoms with E-state index in [-0.39, 0.29) is 0 Å². The monoisotopic (exact) mass is 921 g/mol. The molecule has 0 nitrogen and oxygen atoms in total. The number of rotatable bonds is 0. The van der Waals surface area contributed by atoms with Gasteiger partial charge in [0.25, 0.3) is 0 Å². The maximum atomic E-state index is 2.24. The van der Waals surface area contributed by atoms with Crippen LogP contribution in [-0.2, 0) is 0 Å². The Morgan fingerprint density at radius 2 is 0.414 bits per heavy atom. The maximum absolute atomic E-state index is 2.24. The van der Waals surface area contributed by atoms with E-state index in [2.05, 4.69) is 305 Å². The van der Waals surface area contributed by atoms with Crippen LogP contribution in [0.2, 0.25) is 0 Å². The van der Waals surface area contributed by atoms with Gasteiger partial charge < -0.3 is 0 Å². The molecule has 0 saturated heterocycles. The normalized spacial score (nSPS) is 10.0. The van der Waals surface area contributed by atoms with Crippen molar-refractivity contribution in [3.05, 3.63) is 283 Å². The average Bonchev–Trinajstić information content (AvgIpc) is 3.33. The first-order valence-corrected chi connectivity index (χ1v) is 24.8. The van der Waals surface area contributed by atoms with Crippen molar-refractivity contribution < 1.29 is 0 Å². The van der Waals surface area contributed by atoms with Crippen LogP contribution in [0.25, 0.3) is 32.3 Å². The topological polar surface area (TPSA) is 0 Å². The van der Waals surface area contributed by atoms with E-state index in [1.807, 2.05) is 0 Å². The molecule has 0 heterocycles. The lowest BCUT2D eigenvalue weighted by atomic mass is 10.0. The molecule has 0 saturated carbocycles. The molecule has 70 heavy (non-hydrogen) atoms. The van der Waals surface area contributed by atoms with Crippen molar-refractivity contribution in [3.8, 4) is 0 Å². The van der Waals surface area contributed by atoms with Gasteiger partial charge in [-0.05, 0) is 199 Å². The molecule has 10 aromatic rings. The molecule has 0 N–H and O–H groups in total. The van der Waals surface area contributed by atoms with Crippen molar-refractivity contribution in [2.24, 2.45) is 0 Å². The Balaban J connectivity index is 0.000000179. The molecule has 0 atom stereocenters. The fourth-order valence-electron chi connectivity index (χ4n) is 7.92. The zero-order chi connectivity index (χ0) is 51.3. The molecular formula is C70H80. The Kier molecular flexibility index (Phi) is 22.1. The van der Waals surface area contributed by atoms with Crippen LogP contribution in [0.1, 0.15) is 89.0 Å². The number of fused-ring (bicyclic) bond motifs is 3. The minimum Gasteiger partial charge on any atom is -0.0620 e. The van der Waals surface area contributed by atoms with Gasteiger partial charge in [-0.3, -0.25) is 0 Å². The first kappa shape index (κ1) is 55.6. The summed E-state index contributed by atoms with van der Waals surface area (Å²) in [5.74, 6) is 0. The van der Waals surface area contributed by atoms with Crippen LogP contribution in [0.4, 0.5) is 0 Å². The molecule has 10 rings (SSSR count). The van der Waals surface area contributed by atoms with Crippen molar-refractivity contribution in [3.63, 3.8) is 0 Å². The van der Waals surface area contributed by atoms with Crippen molar-refractivity contribution in [1.82, 2.24) is 0 Å². The standard InChI is InChI=1S/3C12H12.C10H14.3C8H10/c1-9-3-5-12-8-10(2)4-6-11(12)7-9;1-9-5-3-8-12-10(2)6-4-7-11(9)12;1-9-7-8-10(2)12-6-4-3-5-11(9)12;1-7-5-9(3)10(4)6-8(7)2;1-7-3-5-8(2)6-4-7;1-7-4-3-5-8(2)6-7;1-7-5-3-4-6-8(7)2/h3*3-8H,1-2H3;5-6H,1-4H3;3*3-6H,1-2H3. The summed E-state index contributed by atoms with van der Waals surface area (Å²) < 4.78 is 0. The summed E-state index contributed by atoms with van der Waals surface area (Å²) in [6, 6.07) is 68.7. The van der Waals surface area contributed by atoms with Gasteiger partial charge in [0.05, 0.1) is 0 Å². The van der Waals surface area contributed by atoms with E-state index in [0.717, 1.165) is 0 Å². The molecule has 360 valence electrons. The smallest absolute Gasteiger partial charge is 0.0152 e. The molecule has 10 aromatic carbocycles. The SMILES string of the molecule is Cc1cc(C)c(C)cc1C.Cc1ccc(C)c2ccccc12.Cc1ccc(C)cc1.Cc1ccc2cc(C)ccc2c1.Cc1cccc(C)c1.Cc1cccc2c(C)cccc12.Cc1ccccc1C. The maximum Gasteiger partial charge on any atom is -0.0152 e. The molecule has 0 aliphatic heterocycles. The Labute approximate surface area is 424 Å². The molecule has 0 aliphatic rings. The van der Waals surface area contributed by atoms with E-state index in [4.69, 9.17) is 0 Å². The molecule has 0 aliphatic carbocycles. The summed E-state index contributed by atoms with van der Waals surface area (Å²) in [6.07, 6.45) is 0. The van der Waals surface area contributed by atoms with Gasteiger partial charge in [-0.15, -0.1) is 0 Å². The highest BCUT2D eigenvalue weighted by Gasteiger charge is 1.99. The van der Waals surface area contributed by atoms with E-state index in [1.165, 1.54) is 121 Å². The van der Waals surface area contributed by atoms with Gasteiger partial charge in [-0.2, -0.15) is 0 Å². The lowest BCUT2D eigenvalue weighted by Gasteiger charge is -2.04. The van der Waals surface area contributed by atoms with Gasteiger partial charge >= 0.3 is 0 Å². The second-order valence-corrected chi connectivity index (χ2v) is 19.3. The number of hydrogen-bond donors (Lipinski definition) is 0. The lowest BCUT2D eigenvalue weighted by molar-refractivity contribution is 1.24. The predicted octanol–water partition coefficient (Wildman–Crippen LogP) is 20.2. The van der Waals surface area contributed by atoms with Crippen molar-refractivity contribution in [2.75, 3.05) is 0 Å². The zero-order valence-electron chi connectivity index (χ0n) is 45.5. The highest BCUT2D eigenvalue weighted by atomic mass is 14.0. The van der Waals surface area contributed by atoms with Crippen LogP contribution in [0, 0.1) is 111 Å². The Morgan fingerprint density at radius 1 is 0.157 bits per heavy atom. The molecule has 0 bridgehead atoms. The Hall–Kier alpha value is -7.02. The van der Waals surface area contributed by atoms with Crippen LogP contribution < -0.4 is 0 Å². The number of benzene rings is 10. The predicted molar refractivity (Wildman–Crippen MR) is 313 cm³/mol. The first-order valence-electron chi connectivity index (χ1n) is 24.8. The second-order valence-electron chi connectivity index (χ2n) is 19.3. The number of aryl methyl sites for hydroxylation is 16. The molecule has 0 heteroatoms. The van der Waals surface area contributed by atoms with Gasteiger partial charge in [0.15, 0.2) is 0 Å². The lowest BCUT2D eigenvalue weighted by Crippen LogP contribution is -1.86. The van der Waals surface area contributed by atoms with Gasteiger partial charge in [0.2, 0.25) is 0 Å². The van der Waals surface area contributed by atoms with Crippen LogP contribution in [-0.4, -0.2) is 0 Å². The summed E-state index contributed by atoms with van der Waals surface area (Å²) in [5, 5.41) is 8.16. The number of hydrogen-bond acceptors (Lipinski definition) is 0. The largest absolute Gasteiger partial charge is 0.0620 e. The molecule has 0 radical (unpaired) electrons. The summed E-state index contributed by atoms with van der Waals surface area (Å²) >= 11 is 0. The molecule has 0 fully saturated rings. The van der Waals surface area contributed by atoms with Gasteiger partial charge in [-0.25, -0.2) is 0 Å². The van der Waals surface area contributed by atoms with Crippen LogP contribution in [0.3, 0.4) is 0 Å².